The smallest absolute Gasteiger partial charge is 0.290 e. The van der Waals surface area contributed by atoms with E-state index < -0.39 is 87.9 Å². The fourth-order valence-electron chi connectivity index (χ4n) is 6.47. The Morgan fingerprint density at radius 1 is 0.828 bits per heavy atom. The average Bonchev–Trinajstić information content (AvgIpc) is 3.20. The molecule has 318 valence electrons. The molecular weight excluding hydrogens is 792 g/mol. The lowest BCUT2D eigenvalue weighted by Gasteiger charge is -2.31. The minimum absolute atomic E-state index is 0.0123. The summed E-state index contributed by atoms with van der Waals surface area (Å²) in [6.07, 6.45) is 9.55. The molecule has 3 rings (SSSR count). The minimum Gasteiger partial charge on any atom is -0.344 e. The van der Waals surface area contributed by atoms with E-state index in [2.05, 4.69) is 36.6 Å². The molecule has 2 aromatic rings. The third-order valence-corrected chi connectivity index (χ3v) is 11.5. The van der Waals surface area contributed by atoms with Crippen LogP contribution in [0.1, 0.15) is 103 Å². The van der Waals surface area contributed by atoms with Crippen LogP contribution in [0.3, 0.4) is 0 Å². The second-order valence-electron chi connectivity index (χ2n) is 14.9. The standard InChI is InChI=1S/C39H55ClN8O9S/c1-6-24(5)33(47-36(52)29(18-23(3)4)45-37(53)31-21-41-16-17-42-31)38(54)46-30(19-25-12-9-8-10-13-25)35(51)44-28(7-2)34(50)39(55)43-22-32(49)48-58(56,57)27-15-11-14-26(40)20-27/h11,14-17,20-21,23-25,28-30,33H,6-10,12-13,18-19,22H2,1-5H3,(H,43,55)(H,44,51)(H,45,53)(H,46,54)(H,47,52)(H,48,49)/t24-,28-,29-,30-,33?/m0/s1. The number of benzene rings is 1. The van der Waals surface area contributed by atoms with E-state index in [0.29, 0.717) is 6.42 Å². The Kier molecular flexibility index (Phi) is 18.7. The third-order valence-electron chi connectivity index (χ3n) is 9.87. The first-order chi connectivity index (χ1) is 27.4. The minimum atomic E-state index is -4.32. The number of carbonyl (C=O) groups is 7. The second-order valence-corrected chi connectivity index (χ2v) is 17.0. The van der Waals surface area contributed by atoms with Gasteiger partial charge in [-0.2, -0.15) is 0 Å². The molecule has 6 N–H and O–H groups in total. The van der Waals surface area contributed by atoms with Crippen molar-refractivity contribution < 1.29 is 42.0 Å². The Bertz CT molecular complexity index is 1880. The van der Waals surface area contributed by atoms with Crippen molar-refractivity contribution in [1.82, 2.24) is 41.3 Å². The number of Topliss-reactive ketones (excluding diaryl/α,β-unsaturated/α-hetero) is 1. The molecule has 0 radical (unpaired) electrons. The topological polar surface area (TPSA) is 252 Å². The molecule has 17 nitrogen and oxygen atoms in total. The van der Waals surface area contributed by atoms with E-state index >= 15 is 0 Å². The first-order valence-corrected chi connectivity index (χ1v) is 21.4. The van der Waals surface area contributed by atoms with E-state index in [9.17, 15) is 42.0 Å². The number of halogens is 1. The molecule has 1 heterocycles. The van der Waals surface area contributed by atoms with Gasteiger partial charge in [-0.1, -0.05) is 90.8 Å². The van der Waals surface area contributed by atoms with Crippen molar-refractivity contribution in [2.75, 3.05) is 6.54 Å². The number of hydrogen-bond donors (Lipinski definition) is 6. The maximum Gasteiger partial charge on any atom is 0.290 e. The van der Waals surface area contributed by atoms with Crippen molar-refractivity contribution in [3.8, 4) is 0 Å². The molecule has 5 atom stereocenters. The van der Waals surface area contributed by atoms with Crippen LogP contribution in [0.5, 0.6) is 0 Å². The van der Waals surface area contributed by atoms with E-state index in [1.165, 1.54) is 36.8 Å². The summed E-state index contributed by atoms with van der Waals surface area (Å²) in [6.45, 7) is 8.07. The highest BCUT2D eigenvalue weighted by molar-refractivity contribution is 7.90. The second kappa shape index (κ2) is 22.8. The summed E-state index contributed by atoms with van der Waals surface area (Å²) in [6, 6.07) is 0.562. The van der Waals surface area contributed by atoms with E-state index in [4.69, 9.17) is 11.6 Å². The normalized spacial score (nSPS) is 15.8. The predicted molar refractivity (Wildman–Crippen MR) is 214 cm³/mol. The van der Waals surface area contributed by atoms with Crippen LogP contribution in [0.25, 0.3) is 0 Å². The Hall–Kier alpha value is -4.97. The molecule has 6 amide bonds. The third kappa shape index (κ3) is 14.8. The van der Waals surface area contributed by atoms with Gasteiger partial charge in [-0.3, -0.25) is 38.5 Å². The molecule has 0 bridgehead atoms. The number of nitrogens with zero attached hydrogens (tertiary/aromatic N) is 2. The Labute approximate surface area is 344 Å². The average molecular weight is 847 g/mol. The van der Waals surface area contributed by atoms with E-state index in [1.54, 1.807) is 18.6 Å². The summed E-state index contributed by atoms with van der Waals surface area (Å²) in [5.41, 5.74) is 0.0177. The quantitative estimate of drug-likeness (QED) is 0.0995. The maximum atomic E-state index is 14.0. The lowest BCUT2D eigenvalue weighted by molar-refractivity contribution is -0.141. The molecule has 0 saturated heterocycles. The number of amides is 6. The zero-order chi connectivity index (χ0) is 43.0. The van der Waals surface area contributed by atoms with Gasteiger partial charge in [-0.25, -0.2) is 18.1 Å². The lowest BCUT2D eigenvalue weighted by Crippen LogP contribution is -2.60. The summed E-state index contributed by atoms with van der Waals surface area (Å²) in [4.78, 5) is 101. The van der Waals surface area contributed by atoms with Crippen LogP contribution in [0.4, 0.5) is 0 Å². The molecule has 0 aliphatic heterocycles. The number of aromatic nitrogens is 2. The maximum absolute atomic E-state index is 14.0. The van der Waals surface area contributed by atoms with Crippen molar-refractivity contribution >= 4 is 62.9 Å². The number of carbonyl (C=O) groups excluding carboxylic acids is 7. The van der Waals surface area contributed by atoms with E-state index in [-0.39, 0.29) is 46.7 Å². The zero-order valence-corrected chi connectivity index (χ0v) is 35.1. The van der Waals surface area contributed by atoms with Crippen LogP contribution >= 0.6 is 11.6 Å². The van der Waals surface area contributed by atoms with Crippen LogP contribution < -0.4 is 31.3 Å². The van der Waals surface area contributed by atoms with Crippen LogP contribution in [-0.4, -0.2) is 90.3 Å². The van der Waals surface area contributed by atoms with Gasteiger partial charge in [0.25, 0.3) is 27.7 Å². The fourth-order valence-corrected chi connectivity index (χ4v) is 7.75. The number of sulfonamides is 1. The summed E-state index contributed by atoms with van der Waals surface area (Å²) in [5, 5.41) is 13.1. The Morgan fingerprint density at radius 3 is 2.10 bits per heavy atom. The van der Waals surface area contributed by atoms with Crippen LogP contribution in [0, 0.1) is 17.8 Å². The molecular formula is C39H55ClN8O9S. The summed E-state index contributed by atoms with van der Waals surface area (Å²) in [7, 11) is -4.32. The number of hydrogen-bond acceptors (Lipinski definition) is 11. The van der Waals surface area contributed by atoms with Gasteiger partial charge in [-0.15, -0.1) is 0 Å². The van der Waals surface area contributed by atoms with E-state index in [1.807, 2.05) is 20.8 Å². The number of ketones is 1. The molecule has 1 aromatic heterocycles. The van der Waals surface area contributed by atoms with Crippen molar-refractivity contribution in [2.24, 2.45) is 17.8 Å². The first-order valence-electron chi connectivity index (χ1n) is 19.6. The molecule has 58 heavy (non-hydrogen) atoms. The van der Waals surface area contributed by atoms with Crippen LogP contribution in [-0.2, 0) is 38.8 Å². The molecule has 1 aliphatic carbocycles. The van der Waals surface area contributed by atoms with Crippen molar-refractivity contribution in [3.05, 3.63) is 53.6 Å². The zero-order valence-electron chi connectivity index (χ0n) is 33.5. The molecule has 0 spiro atoms. The van der Waals surface area contributed by atoms with E-state index in [0.717, 1.165) is 38.2 Å². The highest BCUT2D eigenvalue weighted by atomic mass is 35.5. The van der Waals surface area contributed by atoms with Crippen LogP contribution in [0.15, 0.2) is 47.8 Å². The fraction of sp³-hybridized carbons (Fsp3) is 0.564. The number of nitrogens with one attached hydrogen (secondary N) is 6. The molecule has 1 fully saturated rings. The SMILES string of the molecule is CC[C@H](NC(=O)[C@H](CC1CCCCC1)NC(=O)C(NC(=O)[C@H](CC(C)C)NC(=O)c1cnccn1)[C@@H](C)CC)C(=O)C(=O)NCC(=O)NS(=O)(=O)c1cccc(Cl)c1. The van der Waals surface area contributed by atoms with Gasteiger partial charge in [0.15, 0.2) is 0 Å². The highest BCUT2D eigenvalue weighted by Crippen LogP contribution is 2.28. The first kappa shape index (κ1) is 47.4. The molecule has 1 aromatic carbocycles. The lowest BCUT2D eigenvalue weighted by atomic mass is 9.84. The van der Waals surface area contributed by atoms with Crippen molar-refractivity contribution in [2.45, 2.75) is 121 Å². The van der Waals surface area contributed by atoms with Gasteiger partial charge >= 0.3 is 0 Å². The van der Waals surface area contributed by atoms with Crippen LogP contribution in [0.2, 0.25) is 5.02 Å². The largest absolute Gasteiger partial charge is 0.344 e. The molecule has 1 aliphatic rings. The Balaban J connectivity index is 1.73. The van der Waals surface area contributed by atoms with Crippen molar-refractivity contribution in [3.63, 3.8) is 0 Å². The summed E-state index contributed by atoms with van der Waals surface area (Å²) >= 11 is 5.85. The predicted octanol–water partition coefficient (Wildman–Crippen LogP) is 2.35. The van der Waals surface area contributed by atoms with Gasteiger partial charge in [0, 0.05) is 17.4 Å². The Morgan fingerprint density at radius 2 is 1.50 bits per heavy atom. The molecule has 1 unspecified atom stereocenters. The van der Waals surface area contributed by atoms with Gasteiger partial charge < -0.3 is 26.6 Å². The molecule has 1 saturated carbocycles. The molecule has 19 heteroatoms. The van der Waals surface area contributed by atoms with Crippen molar-refractivity contribution in [1.29, 1.82) is 0 Å². The van der Waals surface area contributed by atoms with Gasteiger partial charge in [-0.05, 0) is 55.2 Å². The van der Waals surface area contributed by atoms with Gasteiger partial charge in [0.05, 0.1) is 23.7 Å². The number of rotatable bonds is 21. The monoisotopic (exact) mass is 846 g/mol. The van der Waals surface area contributed by atoms with Gasteiger partial charge in [0.2, 0.25) is 23.5 Å². The van der Waals surface area contributed by atoms with Gasteiger partial charge in [0.1, 0.15) is 23.8 Å². The summed E-state index contributed by atoms with van der Waals surface area (Å²) in [5.74, 6) is -6.36. The highest BCUT2D eigenvalue weighted by Gasteiger charge is 2.35. The summed E-state index contributed by atoms with van der Waals surface area (Å²) < 4.78 is 26.9.